The molecule has 0 spiro atoms. The largest absolute Gasteiger partial charge is 0.485 e. The third-order valence-corrected chi connectivity index (χ3v) is 3.38. The van der Waals surface area contributed by atoms with Crippen molar-refractivity contribution >= 4 is 0 Å². The monoisotopic (exact) mass is 278 g/mol. The van der Waals surface area contributed by atoms with Crippen molar-refractivity contribution in [3.63, 3.8) is 0 Å². The zero-order valence-corrected chi connectivity index (χ0v) is 14.1. The van der Waals surface area contributed by atoms with Crippen LogP contribution in [0.15, 0.2) is 24.3 Å². The molecule has 0 fully saturated rings. The van der Waals surface area contributed by atoms with E-state index in [9.17, 15) is 5.11 Å². The Kier molecular flexibility index (Phi) is 4.91. The van der Waals surface area contributed by atoms with Crippen molar-refractivity contribution < 1.29 is 9.84 Å². The van der Waals surface area contributed by atoms with Gasteiger partial charge in [0, 0.05) is 0 Å². The summed E-state index contributed by atoms with van der Waals surface area (Å²) in [7, 11) is 0. The number of benzene rings is 1. The fourth-order valence-electron chi connectivity index (χ4n) is 2.75. The molecule has 0 unspecified atom stereocenters. The zero-order chi connectivity index (χ0) is 15.6. The van der Waals surface area contributed by atoms with Gasteiger partial charge in [-0.25, -0.2) is 0 Å². The first kappa shape index (κ1) is 17.0. The Morgan fingerprint density at radius 3 is 1.80 bits per heavy atom. The van der Waals surface area contributed by atoms with Gasteiger partial charge in [-0.05, 0) is 48.8 Å². The van der Waals surface area contributed by atoms with Gasteiger partial charge in [0.1, 0.15) is 11.4 Å². The predicted octanol–water partition coefficient (Wildman–Crippen LogP) is 4.55. The minimum absolute atomic E-state index is 0.00423. The molecule has 0 atom stereocenters. The summed E-state index contributed by atoms with van der Waals surface area (Å²) in [6.07, 6.45) is 1.13. The number of rotatable bonds is 5. The minimum atomic E-state index is -0.539. The number of ether oxygens (including phenoxy) is 1. The molecule has 20 heavy (non-hydrogen) atoms. The summed E-state index contributed by atoms with van der Waals surface area (Å²) in [6, 6.07) is 8.26. The van der Waals surface area contributed by atoms with Gasteiger partial charge in [-0.2, -0.15) is 0 Å². The van der Waals surface area contributed by atoms with E-state index in [-0.39, 0.29) is 12.0 Å². The van der Waals surface area contributed by atoms with Gasteiger partial charge in [0.05, 0.1) is 6.61 Å². The highest BCUT2D eigenvalue weighted by Crippen LogP contribution is 2.36. The van der Waals surface area contributed by atoms with Crippen molar-refractivity contribution in [3.8, 4) is 5.75 Å². The highest BCUT2D eigenvalue weighted by molar-refractivity contribution is 5.32. The van der Waals surface area contributed by atoms with E-state index in [1.54, 1.807) is 0 Å². The molecule has 0 bridgehead atoms. The number of hydrogen-bond donors (Lipinski definition) is 1. The van der Waals surface area contributed by atoms with E-state index in [4.69, 9.17) is 4.74 Å². The Labute approximate surface area is 124 Å². The van der Waals surface area contributed by atoms with Gasteiger partial charge < -0.3 is 9.84 Å². The van der Waals surface area contributed by atoms with Gasteiger partial charge in [0.15, 0.2) is 0 Å². The van der Waals surface area contributed by atoms with Crippen molar-refractivity contribution in [2.45, 2.75) is 65.9 Å². The molecule has 0 radical (unpaired) electrons. The molecule has 0 heterocycles. The SMILES string of the molecule is CC(C)(C)CC(C)(C)c1ccc(OC(C)(C)CO)cc1. The molecule has 2 heteroatoms. The standard InChI is InChI=1S/C18H30O2/c1-16(2,3)12-17(4,5)14-8-10-15(11-9-14)20-18(6,7)13-19/h8-11,19H,12-13H2,1-7H3. The van der Waals surface area contributed by atoms with Gasteiger partial charge in [-0.15, -0.1) is 0 Å². The summed E-state index contributed by atoms with van der Waals surface area (Å²) < 4.78 is 5.77. The van der Waals surface area contributed by atoms with Crippen molar-refractivity contribution in [3.05, 3.63) is 29.8 Å². The molecule has 1 N–H and O–H groups in total. The Morgan fingerprint density at radius 2 is 1.40 bits per heavy atom. The van der Waals surface area contributed by atoms with E-state index in [1.165, 1.54) is 5.56 Å². The summed E-state index contributed by atoms with van der Waals surface area (Å²) in [5.74, 6) is 0.805. The first-order chi connectivity index (χ1) is 8.95. The van der Waals surface area contributed by atoms with E-state index in [0.717, 1.165) is 12.2 Å². The Hall–Kier alpha value is -1.02. The van der Waals surface area contributed by atoms with Crippen molar-refractivity contribution in [2.75, 3.05) is 6.61 Å². The van der Waals surface area contributed by atoms with Crippen LogP contribution in [0.25, 0.3) is 0 Å². The Balaban J connectivity index is 2.86. The summed E-state index contributed by atoms with van der Waals surface area (Å²) in [5, 5.41) is 9.24. The van der Waals surface area contributed by atoms with E-state index < -0.39 is 5.60 Å². The van der Waals surface area contributed by atoms with Gasteiger partial charge in [0.2, 0.25) is 0 Å². The molecule has 2 nitrogen and oxygen atoms in total. The smallest absolute Gasteiger partial charge is 0.126 e. The molecule has 1 aromatic rings. The minimum Gasteiger partial charge on any atom is -0.485 e. The average molecular weight is 278 g/mol. The summed E-state index contributed by atoms with van der Waals surface area (Å²) in [6.45, 7) is 15.2. The number of aliphatic hydroxyl groups is 1. The first-order valence-corrected chi connectivity index (χ1v) is 7.36. The Bertz CT molecular complexity index is 422. The second-order valence-electron chi connectivity index (χ2n) is 8.17. The molecule has 0 amide bonds. The zero-order valence-electron chi connectivity index (χ0n) is 14.1. The fraction of sp³-hybridized carbons (Fsp3) is 0.667. The molecule has 1 rings (SSSR count). The molecule has 1 aromatic carbocycles. The van der Waals surface area contributed by atoms with Crippen LogP contribution in [0.2, 0.25) is 0 Å². The van der Waals surface area contributed by atoms with Crippen LogP contribution in [-0.4, -0.2) is 17.3 Å². The fourth-order valence-corrected chi connectivity index (χ4v) is 2.75. The lowest BCUT2D eigenvalue weighted by molar-refractivity contribution is 0.0412. The van der Waals surface area contributed by atoms with Crippen LogP contribution in [0.4, 0.5) is 0 Å². The van der Waals surface area contributed by atoms with Crippen LogP contribution < -0.4 is 4.74 Å². The van der Waals surface area contributed by atoms with Crippen LogP contribution in [0.5, 0.6) is 5.75 Å². The van der Waals surface area contributed by atoms with Crippen LogP contribution in [-0.2, 0) is 5.41 Å². The lowest BCUT2D eigenvalue weighted by atomic mass is 9.72. The van der Waals surface area contributed by atoms with Crippen molar-refractivity contribution in [1.82, 2.24) is 0 Å². The lowest BCUT2D eigenvalue weighted by Crippen LogP contribution is -2.32. The lowest BCUT2D eigenvalue weighted by Gasteiger charge is -2.33. The third kappa shape index (κ3) is 5.16. The third-order valence-electron chi connectivity index (χ3n) is 3.38. The molecular formula is C18H30O2. The molecule has 114 valence electrons. The molecule has 0 aliphatic carbocycles. The van der Waals surface area contributed by atoms with Crippen LogP contribution in [0, 0.1) is 5.41 Å². The molecule has 0 saturated heterocycles. The topological polar surface area (TPSA) is 29.5 Å². The van der Waals surface area contributed by atoms with Crippen LogP contribution in [0.3, 0.4) is 0 Å². The summed E-state index contributed by atoms with van der Waals surface area (Å²) in [4.78, 5) is 0. The predicted molar refractivity (Wildman–Crippen MR) is 85.3 cm³/mol. The average Bonchev–Trinajstić information content (AvgIpc) is 2.26. The van der Waals surface area contributed by atoms with E-state index in [1.807, 2.05) is 26.0 Å². The Morgan fingerprint density at radius 1 is 0.900 bits per heavy atom. The molecular weight excluding hydrogens is 248 g/mol. The number of hydrogen-bond acceptors (Lipinski definition) is 2. The normalized spacial score (nSPS) is 13.4. The van der Waals surface area contributed by atoms with Crippen molar-refractivity contribution in [2.24, 2.45) is 5.41 Å². The van der Waals surface area contributed by atoms with E-state index in [2.05, 4.69) is 46.8 Å². The second-order valence-corrected chi connectivity index (χ2v) is 8.17. The van der Waals surface area contributed by atoms with Crippen LogP contribution >= 0.6 is 0 Å². The maximum Gasteiger partial charge on any atom is 0.126 e. The van der Waals surface area contributed by atoms with Crippen LogP contribution in [0.1, 0.15) is 60.5 Å². The van der Waals surface area contributed by atoms with E-state index >= 15 is 0 Å². The van der Waals surface area contributed by atoms with Gasteiger partial charge in [0.25, 0.3) is 0 Å². The number of aliphatic hydroxyl groups excluding tert-OH is 1. The molecule has 0 aliphatic rings. The van der Waals surface area contributed by atoms with Gasteiger partial charge in [-0.3, -0.25) is 0 Å². The molecule has 0 aliphatic heterocycles. The maximum atomic E-state index is 9.24. The molecule has 0 aromatic heterocycles. The summed E-state index contributed by atoms with van der Waals surface area (Å²) in [5.41, 5.74) is 1.23. The van der Waals surface area contributed by atoms with Crippen molar-refractivity contribution in [1.29, 1.82) is 0 Å². The van der Waals surface area contributed by atoms with E-state index in [0.29, 0.717) is 5.41 Å². The summed E-state index contributed by atoms with van der Waals surface area (Å²) >= 11 is 0. The highest BCUT2D eigenvalue weighted by Gasteiger charge is 2.27. The second kappa shape index (κ2) is 5.77. The first-order valence-electron chi connectivity index (χ1n) is 7.36. The van der Waals surface area contributed by atoms with Gasteiger partial charge in [-0.1, -0.05) is 46.8 Å². The quantitative estimate of drug-likeness (QED) is 0.856. The highest BCUT2D eigenvalue weighted by atomic mass is 16.5. The van der Waals surface area contributed by atoms with Gasteiger partial charge >= 0.3 is 0 Å². The maximum absolute atomic E-state index is 9.24. The molecule has 0 saturated carbocycles.